The molecule has 0 saturated carbocycles. The van der Waals surface area contributed by atoms with Crippen molar-refractivity contribution in [3.63, 3.8) is 0 Å². The second-order valence-corrected chi connectivity index (χ2v) is 7.67. The topological polar surface area (TPSA) is 62.7 Å². The van der Waals surface area contributed by atoms with Gasteiger partial charge in [-0.05, 0) is 67.3 Å². The van der Waals surface area contributed by atoms with E-state index in [2.05, 4.69) is 28.6 Å². The minimum Gasteiger partial charge on any atom is -0.497 e. The number of nitrogens with zero attached hydrogens (tertiary/aromatic N) is 1. The van der Waals surface area contributed by atoms with Crippen LogP contribution in [0.15, 0.2) is 77.6 Å². The number of aliphatic imine (C=N–C) groups is 1. The fourth-order valence-electron chi connectivity index (χ4n) is 3.15. The highest BCUT2D eigenvalue weighted by atomic mass is 35.5. The number of methoxy groups -OCH3 is 1. The molecule has 1 heterocycles. The van der Waals surface area contributed by atoms with Crippen molar-refractivity contribution in [2.24, 2.45) is 10.9 Å². The summed E-state index contributed by atoms with van der Waals surface area (Å²) < 4.78 is 5.19. The van der Waals surface area contributed by atoms with E-state index in [0.29, 0.717) is 22.4 Å². The van der Waals surface area contributed by atoms with Crippen molar-refractivity contribution in [2.75, 3.05) is 12.4 Å². The Bertz CT molecular complexity index is 997. The van der Waals surface area contributed by atoms with E-state index in [9.17, 15) is 4.79 Å². The summed E-state index contributed by atoms with van der Waals surface area (Å²) in [6.07, 6.45) is 6.85. The summed E-state index contributed by atoms with van der Waals surface area (Å²) >= 11 is 6.15. The summed E-state index contributed by atoms with van der Waals surface area (Å²) in [6, 6.07) is 14.8. The van der Waals surface area contributed by atoms with Gasteiger partial charge < -0.3 is 15.4 Å². The van der Waals surface area contributed by atoms with E-state index >= 15 is 0 Å². The maximum atomic E-state index is 12.6. The molecule has 1 unspecified atom stereocenters. The van der Waals surface area contributed by atoms with Crippen molar-refractivity contribution < 1.29 is 9.53 Å². The highest BCUT2D eigenvalue weighted by Gasteiger charge is 2.12. The minimum absolute atomic E-state index is 0.0197. The molecule has 3 rings (SSSR count). The highest BCUT2D eigenvalue weighted by molar-refractivity contribution is 6.68. The normalized spacial score (nSPS) is 21.7. The lowest BCUT2D eigenvalue weighted by molar-refractivity contribution is 0.102. The third-order valence-electron chi connectivity index (χ3n) is 4.77. The van der Waals surface area contributed by atoms with Crippen LogP contribution in [0.1, 0.15) is 42.2 Å². The maximum Gasteiger partial charge on any atom is 0.255 e. The first-order chi connectivity index (χ1) is 14.4. The average molecular weight is 424 g/mol. The molecule has 30 heavy (non-hydrogen) atoms. The Labute approximate surface area is 182 Å². The number of hydrogen-bond donors (Lipinski definition) is 2. The first kappa shape index (κ1) is 21.7. The molecule has 0 spiro atoms. The predicted molar refractivity (Wildman–Crippen MR) is 123 cm³/mol. The Morgan fingerprint density at radius 1 is 1.23 bits per heavy atom. The molecule has 0 bridgehead atoms. The monoisotopic (exact) mass is 423 g/mol. The van der Waals surface area contributed by atoms with Gasteiger partial charge in [-0.1, -0.05) is 42.8 Å². The molecule has 6 heteroatoms. The van der Waals surface area contributed by atoms with Gasteiger partial charge >= 0.3 is 0 Å². The lowest BCUT2D eigenvalue weighted by atomic mass is 10.1. The summed E-state index contributed by atoms with van der Waals surface area (Å²) in [4.78, 5) is 17.0. The van der Waals surface area contributed by atoms with Gasteiger partial charge in [0.25, 0.3) is 5.91 Å². The maximum absolute atomic E-state index is 12.6. The van der Waals surface area contributed by atoms with Gasteiger partial charge in [-0.15, -0.1) is 0 Å². The first-order valence-electron chi connectivity index (χ1n) is 9.89. The van der Waals surface area contributed by atoms with E-state index in [1.807, 2.05) is 43.3 Å². The van der Waals surface area contributed by atoms with Gasteiger partial charge in [0.1, 0.15) is 16.7 Å². The van der Waals surface area contributed by atoms with Crippen LogP contribution >= 0.6 is 11.6 Å². The summed E-state index contributed by atoms with van der Waals surface area (Å²) in [5.41, 5.74) is 2.28. The second-order valence-electron chi connectivity index (χ2n) is 7.28. The van der Waals surface area contributed by atoms with Crippen LogP contribution in [0.5, 0.6) is 5.75 Å². The van der Waals surface area contributed by atoms with E-state index in [4.69, 9.17) is 16.3 Å². The summed E-state index contributed by atoms with van der Waals surface area (Å²) in [7, 11) is 1.58. The third-order valence-corrected chi connectivity index (χ3v) is 4.98. The number of carbonyl (C=O) groups excluding carboxylic acids is 1. The van der Waals surface area contributed by atoms with Crippen LogP contribution in [0.3, 0.4) is 0 Å². The van der Waals surface area contributed by atoms with Crippen LogP contribution in [-0.4, -0.2) is 18.2 Å². The zero-order valence-electron chi connectivity index (χ0n) is 17.4. The molecule has 0 fully saturated rings. The van der Waals surface area contributed by atoms with Crippen molar-refractivity contribution in [2.45, 2.75) is 26.3 Å². The van der Waals surface area contributed by atoms with Gasteiger partial charge in [0.05, 0.1) is 13.2 Å². The van der Waals surface area contributed by atoms with Crippen molar-refractivity contribution in [3.05, 3.63) is 83.7 Å². The molecule has 2 aromatic carbocycles. The molecule has 2 N–H and O–H groups in total. The fraction of sp³-hybridized carbons (Fsp3) is 0.250. The molecule has 1 aliphatic heterocycles. The third kappa shape index (κ3) is 5.97. The Hall–Kier alpha value is -3.05. The predicted octanol–water partition coefficient (Wildman–Crippen LogP) is 5.67. The fourth-order valence-corrected chi connectivity index (χ4v) is 3.33. The van der Waals surface area contributed by atoms with Crippen molar-refractivity contribution in [3.8, 4) is 5.75 Å². The number of hydrogen-bond acceptors (Lipinski definition) is 4. The van der Waals surface area contributed by atoms with Crippen LogP contribution in [0, 0.1) is 5.92 Å². The number of rotatable bonds is 6. The molecular formula is C24H26ClN3O2. The van der Waals surface area contributed by atoms with Crippen LogP contribution in [0.4, 0.5) is 5.69 Å². The average Bonchev–Trinajstić information content (AvgIpc) is 2.72. The SMILES string of the molecule is COc1cccc(C(=O)Nc2cccc([C@H](C)NC3=C/C(C)C/C=C/C(Cl)=N\3)c2)c1. The number of amides is 1. The Morgan fingerprint density at radius 3 is 2.83 bits per heavy atom. The quantitative estimate of drug-likeness (QED) is 0.628. The number of allylic oxidation sites excluding steroid dienone is 3. The number of ether oxygens (including phenoxy) is 1. The number of carbonyl (C=O) groups is 1. The number of anilines is 1. The van der Waals surface area contributed by atoms with Crippen molar-refractivity contribution in [1.29, 1.82) is 0 Å². The zero-order valence-corrected chi connectivity index (χ0v) is 18.1. The van der Waals surface area contributed by atoms with Crippen LogP contribution in [-0.2, 0) is 0 Å². The first-order valence-corrected chi connectivity index (χ1v) is 10.3. The summed E-state index contributed by atoms with van der Waals surface area (Å²) in [5.74, 6) is 1.56. The van der Waals surface area contributed by atoms with Crippen LogP contribution in [0.2, 0.25) is 0 Å². The van der Waals surface area contributed by atoms with Gasteiger partial charge in [0.15, 0.2) is 0 Å². The Morgan fingerprint density at radius 2 is 2.03 bits per heavy atom. The molecule has 0 radical (unpaired) electrons. The largest absolute Gasteiger partial charge is 0.497 e. The number of halogens is 1. The Kier molecular flexibility index (Phi) is 7.31. The summed E-state index contributed by atoms with van der Waals surface area (Å²) in [6.45, 7) is 4.19. The second kappa shape index (κ2) is 10.1. The molecular weight excluding hydrogens is 398 g/mol. The molecule has 1 amide bonds. The molecule has 5 nitrogen and oxygen atoms in total. The Balaban J connectivity index is 1.72. The van der Waals surface area contributed by atoms with Crippen molar-refractivity contribution in [1.82, 2.24) is 5.32 Å². The number of benzene rings is 2. The van der Waals surface area contributed by atoms with Gasteiger partial charge in [-0.2, -0.15) is 0 Å². The van der Waals surface area contributed by atoms with E-state index in [1.165, 1.54) is 0 Å². The molecule has 1 aliphatic rings. The zero-order chi connectivity index (χ0) is 21.5. The lowest BCUT2D eigenvalue weighted by Gasteiger charge is -2.19. The van der Waals surface area contributed by atoms with E-state index in [0.717, 1.165) is 23.5 Å². The summed E-state index contributed by atoms with van der Waals surface area (Å²) in [5, 5.41) is 6.81. The molecule has 0 saturated heterocycles. The minimum atomic E-state index is -0.189. The molecule has 2 atom stereocenters. The van der Waals surface area contributed by atoms with E-state index in [-0.39, 0.29) is 11.9 Å². The molecule has 156 valence electrons. The van der Waals surface area contributed by atoms with Gasteiger partial charge in [-0.3, -0.25) is 4.79 Å². The highest BCUT2D eigenvalue weighted by Crippen LogP contribution is 2.21. The van der Waals surface area contributed by atoms with E-state index in [1.54, 1.807) is 31.4 Å². The van der Waals surface area contributed by atoms with Gasteiger partial charge in [0.2, 0.25) is 0 Å². The molecule has 2 aromatic rings. The van der Waals surface area contributed by atoms with Crippen LogP contribution < -0.4 is 15.4 Å². The van der Waals surface area contributed by atoms with E-state index < -0.39 is 0 Å². The van der Waals surface area contributed by atoms with Gasteiger partial charge in [-0.25, -0.2) is 4.99 Å². The van der Waals surface area contributed by atoms with Crippen LogP contribution in [0.25, 0.3) is 0 Å². The van der Waals surface area contributed by atoms with Crippen molar-refractivity contribution >= 4 is 28.4 Å². The number of nitrogens with one attached hydrogen (secondary N) is 2. The molecule has 0 aromatic heterocycles. The smallest absolute Gasteiger partial charge is 0.255 e. The standard InChI is InChI=1S/C24H26ClN3O2/c1-16-7-4-12-22(25)28-23(13-16)26-17(2)18-8-5-10-20(14-18)27-24(29)19-9-6-11-21(15-19)30-3/h4-6,8-17,26H,7H2,1-3H3,(H,27,29)/b12-4+,23-13-,28-22+/t16?,17-/m0/s1. The molecule has 0 aliphatic carbocycles. The lowest BCUT2D eigenvalue weighted by Crippen LogP contribution is -2.19. The van der Waals surface area contributed by atoms with Gasteiger partial charge in [0, 0.05) is 11.3 Å².